The molecule has 0 aromatic heterocycles. The molecule has 1 saturated heterocycles. The molecule has 0 saturated carbocycles. The highest BCUT2D eigenvalue weighted by atomic mass is 79.9. The van der Waals surface area contributed by atoms with Crippen LogP contribution in [0.5, 0.6) is 5.75 Å². The molecule has 3 rings (SSSR count). The van der Waals surface area contributed by atoms with Crippen molar-refractivity contribution in [2.75, 3.05) is 13.7 Å². The number of amides is 1. The van der Waals surface area contributed by atoms with Crippen molar-refractivity contribution in [3.8, 4) is 5.75 Å². The molecule has 0 bridgehead atoms. The minimum Gasteiger partial charge on any atom is -0.507 e. The van der Waals surface area contributed by atoms with Crippen LogP contribution in [0.15, 0.2) is 71.2 Å². The van der Waals surface area contributed by atoms with E-state index in [2.05, 4.69) is 22.5 Å². The first-order valence-electron chi connectivity index (χ1n) is 8.27. The van der Waals surface area contributed by atoms with Crippen molar-refractivity contribution in [2.45, 2.75) is 6.04 Å². The summed E-state index contributed by atoms with van der Waals surface area (Å²) < 4.78 is 6.02. The van der Waals surface area contributed by atoms with E-state index in [9.17, 15) is 14.7 Å². The van der Waals surface area contributed by atoms with Gasteiger partial charge in [-0.3, -0.25) is 9.59 Å². The number of halogens is 1. The summed E-state index contributed by atoms with van der Waals surface area (Å²) in [5.74, 6) is -0.909. The van der Waals surface area contributed by atoms with E-state index in [1.165, 1.54) is 4.90 Å². The van der Waals surface area contributed by atoms with Gasteiger partial charge < -0.3 is 14.7 Å². The fraction of sp³-hybridized carbons (Fsp3) is 0.143. The Morgan fingerprint density at radius 1 is 1.19 bits per heavy atom. The largest absolute Gasteiger partial charge is 0.507 e. The summed E-state index contributed by atoms with van der Waals surface area (Å²) in [7, 11) is 1.56. The van der Waals surface area contributed by atoms with Crippen molar-refractivity contribution in [2.24, 2.45) is 0 Å². The molecule has 1 atom stereocenters. The van der Waals surface area contributed by atoms with Gasteiger partial charge in [0.2, 0.25) is 0 Å². The van der Waals surface area contributed by atoms with E-state index in [1.54, 1.807) is 61.7 Å². The van der Waals surface area contributed by atoms with E-state index in [1.807, 2.05) is 0 Å². The molecule has 1 heterocycles. The normalized spacial score (nSPS) is 18.6. The third-order valence-electron chi connectivity index (χ3n) is 4.41. The summed E-state index contributed by atoms with van der Waals surface area (Å²) in [5, 5.41) is 10.8. The smallest absolute Gasteiger partial charge is 0.295 e. The predicted molar refractivity (Wildman–Crippen MR) is 106 cm³/mol. The monoisotopic (exact) mass is 427 g/mol. The maximum Gasteiger partial charge on any atom is 0.295 e. The second-order valence-corrected chi connectivity index (χ2v) is 6.94. The maximum atomic E-state index is 12.7. The molecule has 1 amide bonds. The zero-order chi connectivity index (χ0) is 19.6. The van der Waals surface area contributed by atoms with Crippen LogP contribution < -0.4 is 4.74 Å². The standard InChI is InChI=1S/C21H18BrNO4/c1-3-12-23-18(13-6-10-16(27-2)11-7-13)17(20(25)21(23)26)19(24)14-4-8-15(22)9-5-14/h3-11,18,24H,1,12H2,2H3/t18-/m1/s1. The lowest BCUT2D eigenvalue weighted by molar-refractivity contribution is -0.139. The van der Waals surface area contributed by atoms with Gasteiger partial charge in [0.25, 0.3) is 11.7 Å². The number of benzene rings is 2. The molecular formula is C21H18BrNO4. The lowest BCUT2D eigenvalue weighted by Gasteiger charge is -2.24. The zero-order valence-corrected chi connectivity index (χ0v) is 16.3. The number of hydrogen-bond acceptors (Lipinski definition) is 4. The molecule has 6 heteroatoms. The van der Waals surface area contributed by atoms with Crippen LogP contribution in [0.25, 0.3) is 5.76 Å². The molecule has 0 spiro atoms. The molecule has 2 aromatic carbocycles. The Morgan fingerprint density at radius 3 is 2.37 bits per heavy atom. The Morgan fingerprint density at radius 2 is 1.81 bits per heavy atom. The minimum absolute atomic E-state index is 0.0642. The number of aliphatic hydroxyl groups is 1. The Balaban J connectivity index is 2.16. The average molecular weight is 428 g/mol. The van der Waals surface area contributed by atoms with Gasteiger partial charge in [-0.05, 0) is 29.8 Å². The van der Waals surface area contributed by atoms with Crippen molar-refractivity contribution >= 4 is 33.4 Å². The van der Waals surface area contributed by atoms with Crippen LogP contribution in [0.4, 0.5) is 0 Å². The van der Waals surface area contributed by atoms with Gasteiger partial charge in [0, 0.05) is 16.6 Å². The summed E-state index contributed by atoms with van der Waals surface area (Å²) in [4.78, 5) is 26.7. The fourth-order valence-electron chi connectivity index (χ4n) is 3.10. The van der Waals surface area contributed by atoms with Gasteiger partial charge in [0.15, 0.2) is 0 Å². The number of hydrogen-bond donors (Lipinski definition) is 1. The number of likely N-dealkylation sites (tertiary alicyclic amines) is 1. The number of ketones is 1. The highest BCUT2D eigenvalue weighted by Gasteiger charge is 2.45. The fourth-order valence-corrected chi connectivity index (χ4v) is 3.37. The maximum absolute atomic E-state index is 12.7. The van der Waals surface area contributed by atoms with Crippen LogP contribution in [0, 0.1) is 0 Å². The molecule has 0 radical (unpaired) electrons. The van der Waals surface area contributed by atoms with Crippen molar-refractivity contribution < 1.29 is 19.4 Å². The third-order valence-corrected chi connectivity index (χ3v) is 4.94. The number of aliphatic hydroxyl groups excluding tert-OH is 1. The second kappa shape index (κ2) is 7.80. The van der Waals surface area contributed by atoms with E-state index in [-0.39, 0.29) is 17.9 Å². The summed E-state index contributed by atoms with van der Waals surface area (Å²) in [5.41, 5.74) is 1.23. The van der Waals surface area contributed by atoms with E-state index in [4.69, 9.17) is 4.74 Å². The van der Waals surface area contributed by atoms with Crippen molar-refractivity contribution in [3.05, 3.63) is 82.4 Å². The molecule has 1 aliphatic heterocycles. The number of Topliss-reactive ketones (excluding diaryl/α,β-unsaturated/α-hetero) is 1. The second-order valence-electron chi connectivity index (χ2n) is 6.02. The van der Waals surface area contributed by atoms with Crippen LogP contribution in [-0.2, 0) is 9.59 Å². The van der Waals surface area contributed by atoms with Gasteiger partial charge in [-0.15, -0.1) is 6.58 Å². The van der Waals surface area contributed by atoms with Gasteiger partial charge in [-0.2, -0.15) is 0 Å². The van der Waals surface area contributed by atoms with Gasteiger partial charge in [0.1, 0.15) is 11.5 Å². The molecule has 0 unspecified atom stereocenters. The van der Waals surface area contributed by atoms with Gasteiger partial charge >= 0.3 is 0 Å². The van der Waals surface area contributed by atoms with Gasteiger partial charge in [-0.25, -0.2) is 0 Å². The molecule has 1 fully saturated rings. The van der Waals surface area contributed by atoms with Crippen LogP contribution in [0.3, 0.4) is 0 Å². The van der Waals surface area contributed by atoms with Crippen molar-refractivity contribution in [3.63, 3.8) is 0 Å². The molecule has 27 heavy (non-hydrogen) atoms. The number of rotatable bonds is 5. The van der Waals surface area contributed by atoms with Gasteiger partial charge in [-0.1, -0.05) is 46.3 Å². The Kier molecular flexibility index (Phi) is 5.46. The minimum atomic E-state index is -0.710. The molecular weight excluding hydrogens is 410 g/mol. The number of ether oxygens (including phenoxy) is 1. The van der Waals surface area contributed by atoms with Gasteiger partial charge in [0.05, 0.1) is 18.7 Å². The van der Waals surface area contributed by atoms with Crippen molar-refractivity contribution in [1.82, 2.24) is 4.90 Å². The molecule has 2 aromatic rings. The summed E-state index contributed by atoms with van der Waals surface area (Å²) >= 11 is 3.34. The number of carbonyl (C=O) groups excluding carboxylic acids is 2. The number of nitrogens with zero attached hydrogens (tertiary/aromatic N) is 1. The molecule has 138 valence electrons. The zero-order valence-electron chi connectivity index (χ0n) is 14.7. The Bertz CT molecular complexity index is 916. The third kappa shape index (κ3) is 3.53. The average Bonchev–Trinajstić information content (AvgIpc) is 2.93. The highest BCUT2D eigenvalue weighted by Crippen LogP contribution is 2.39. The van der Waals surface area contributed by atoms with Crippen LogP contribution in [-0.4, -0.2) is 35.4 Å². The van der Waals surface area contributed by atoms with Crippen LogP contribution in [0.1, 0.15) is 17.2 Å². The SMILES string of the molecule is C=CCN1C(=O)C(=O)C(=C(O)c2ccc(Br)cc2)[C@H]1c1ccc(OC)cc1. The molecule has 1 N–H and O–H groups in total. The van der Waals surface area contributed by atoms with Crippen LogP contribution >= 0.6 is 15.9 Å². The molecule has 0 aliphatic carbocycles. The topological polar surface area (TPSA) is 66.8 Å². The first-order chi connectivity index (χ1) is 13.0. The number of carbonyl (C=O) groups is 2. The summed E-state index contributed by atoms with van der Waals surface area (Å²) in [6.45, 7) is 3.86. The van der Waals surface area contributed by atoms with E-state index in [0.29, 0.717) is 16.9 Å². The highest BCUT2D eigenvalue weighted by molar-refractivity contribution is 9.10. The van der Waals surface area contributed by atoms with Crippen LogP contribution in [0.2, 0.25) is 0 Å². The van der Waals surface area contributed by atoms with E-state index >= 15 is 0 Å². The Labute approximate surface area is 165 Å². The van der Waals surface area contributed by atoms with E-state index < -0.39 is 17.7 Å². The molecule has 5 nitrogen and oxygen atoms in total. The quantitative estimate of drug-likeness (QED) is 0.338. The lowest BCUT2D eigenvalue weighted by Crippen LogP contribution is -2.29. The first-order valence-corrected chi connectivity index (χ1v) is 9.06. The van der Waals surface area contributed by atoms with Crippen molar-refractivity contribution in [1.29, 1.82) is 0 Å². The lowest BCUT2D eigenvalue weighted by atomic mass is 9.95. The summed E-state index contributed by atoms with van der Waals surface area (Å²) in [6, 6.07) is 13.3. The Hall–Kier alpha value is -2.86. The van der Waals surface area contributed by atoms with E-state index in [0.717, 1.165) is 4.47 Å². The summed E-state index contributed by atoms with van der Waals surface area (Å²) in [6.07, 6.45) is 1.56. The predicted octanol–water partition coefficient (Wildman–Crippen LogP) is 4.07. The first kappa shape index (κ1) is 18.9. The number of methoxy groups -OCH3 is 1. The molecule has 1 aliphatic rings.